The number of hydrogen-bond donors (Lipinski definition) is 1. The number of fused-ring (bicyclic) bond motifs is 3. The van der Waals surface area contributed by atoms with Crippen molar-refractivity contribution in [2.45, 2.75) is 108 Å². The number of halogens is 1. The van der Waals surface area contributed by atoms with Crippen molar-refractivity contribution >= 4 is 22.7 Å². The highest BCUT2D eigenvalue weighted by molar-refractivity contribution is 6.09. The zero-order valence-electron chi connectivity index (χ0n) is 22.4. The first-order chi connectivity index (χ1) is 18.5. The van der Waals surface area contributed by atoms with E-state index in [1.165, 1.54) is 25.0 Å². The summed E-state index contributed by atoms with van der Waals surface area (Å²) >= 11 is 0. The number of benzene rings is 1. The van der Waals surface area contributed by atoms with Gasteiger partial charge in [0.2, 0.25) is 5.91 Å². The molecule has 1 atom stereocenters. The summed E-state index contributed by atoms with van der Waals surface area (Å²) < 4.78 is 18.4. The van der Waals surface area contributed by atoms with Crippen molar-refractivity contribution in [3.63, 3.8) is 0 Å². The Labute approximate surface area is 224 Å². The molecule has 1 aliphatic heterocycles. The molecular formula is C31H39FN4O2. The molecule has 6 rings (SSSR count). The molecule has 202 valence electrons. The summed E-state index contributed by atoms with van der Waals surface area (Å²) in [4.78, 5) is 30.9. The van der Waals surface area contributed by atoms with Crippen LogP contribution in [0.4, 0.5) is 4.39 Å². The lowest BCUT2D eigenvalue weighted by atomic mass is 9.89. The fourth-order valence-corrected chi connectivity index (χ4v) is 7.19. The number of aromatic nitrogens is 2. The molecule has 2 fully saturated rings. The van der Waals surface area contributed by atoms with E-state index < -0.39 is 5.54 Å². The van der Waals surface area contributed by atoms with Crippen LogP contribution in [0.2, 0.25) is 0 Å². The Morgan fingerprint density at radius 1 is 0.947 bits per heavy atom. The molecule has 0 radical (unpaired) electrons. The molecule has 2 aromatic heterocycles. The third kappa shape index (κ3) is 4.34. The lowest BCUT2D eigenvalue weighted by Gasteiger charge is -2.48. The number of carbonyl (C=O) groups excluding carboxylic acids is 2. The lowest BCUT2D eigenvalue weighted by Crippen LogP contribution is -2.67. The zero-order valence-corrected chi connectivity index (χ0v) is 22.4. The van der Waals surface area contributed by atoms with Gasteiger partial charge < -0.3 is 19.4 Å². The standard InChI is InChI=1S/C31H39FN4O2/c1-31(30(38)33-23-12-6-2-3-7-13-23)21-35-26-17-16-22(32)20-25(26)27(34-18-10-11-19-34)28(35)29(37)36(31)24-14-8-4-5-9-15-24/h10-11,16-20,23-24H,2-9,12-15,21H2,1H3,(H,33,38)/t31-/m1/s1. The van der Waals surface area contributed by atoms with Gasteiger partial charge in [-0.25, -0.2) is 4.39 Å². The Morgan fingerprint density at radius 2 is 1.58 bits per heavy atom. The fourth-order valence-electron chi connectivity index (χ4n) is 7.19. The van der Waals surface area contributed by atoms with Gasteiger partial charge in [-0.05, 0) is 62.9 Å². The van der Waals surface area contributed by atoms with Gasteiger partial charge in [0.1, 0.15) is 17.1 Å². The topological polar surface area (TPSA) is 59.3 Å². The highest BCUT2D eigenvalue weighted by Gasteiger charge is 2.51. The summed E-state index contributed by atoms with van der Waals surface area (Å²) in [5.41, 5.74) is 0.997. The van der Waals surface area contributed by atoms with Crippen molar-refractivity contribution < 1.29 is 14.0 Å². The second-order valence-corrected chi connectivity index (χ2v) is 11.8. The van der Waals surface area contributed by atoms with Crippen LogP contribution in [0.15, 0.2) is 42.7 Å². The smallest absolute Gasteiger partial charge is 0.273 e. The van der Waals surface area contributed by atoms with Crippen molar-refractivity contribution in [3.8, 4) is 5.69 Å². The normalized spacial score (nSPS) is 23.7. The van der Waals surface area contributed by atoms with Crippen LogP contribution in [0, 0.1) is 5.82 Å². The first-order valence-corrected chi connectivity index (χ1v) is 14.6. The van der Waals surface area contributed by atoms with Gasteiger partial charge in [0.15, 0.2) is 0 Å². The average Bonchev–Trinajstić information content (AvgIpc) is 3.31. The van der Waals surface area contributed by atoms with Gasteiger partial charge in [-0.3, -0.25) is 9.59 Å². The van der Waals surface area contributed by atoms with Gasteiger partial charge in [-0.15, -0.1) is 0 Å². The molecule has 0 spiro atoms. The second-order valence-electron chi connectivity index (χ2n) is 11.8. The van der Waals surface area contributed by atoms with Crippen molar-refractivity contribution in [2.24, 2.45) is 0 Å². The first-order valence-electron chi connectivity index (χ1n) is 14.6. The van der Waals surface area contributed by atoms with E-state index in [-0.39, 0.29) is 29.7 Å². The summed E-state index contributed by atoms with van der Waals surface area (Å²) in [5.74, 6) is -0.517. The molecule has 0 saturated heterocycles. The maximum atomic E-state index is 14.7. The molecule has 0 unspecified atom stereocenters. The summed E-state index contributed by atoms with van der Waals surface area (Å²) in [5, 5.41) is 4.08. The van der Waals surface area contributed by atoms with Crippen LogP contribution in [0.5, 0.6) is 0 Å². The third-order valence-electron chi connectivity index (χ3n) is 9.15. The number of nitrogens with one attached hydrogen (secondary N) is 1. The van der Waals surface area contributed by atoms with E-state index in [4.69, 9.17) is 0 Å². The Hall–Kier alpha value is -3.09. The maximum absolute atomic E-state index is 14.7. The molecule has 6 nitrogen and oxygen atoms in total. The van der Waals surface area contributed by atoms with Gasteiger partial charge in [-0.1, -0.05) is 51.4 Å². The van der Waals surface area contributed by atoms with Gasteiger partial charge in [0.25, 0.3) is 5.91 Å². The van der Waals surface area contributed by atoms with Gasteiger partial charge >= 0.3 is 0 Å². The van der Waals surface area contributed by atoms with Crippen LogP contribution < -0.4 is 5.32 Å². The van der Waals surface area contributed by atoms with Gasteiger partial charge in [0.05, 0.1) is 17.7 Å². The third-order valence-corrected chi connectivity index (χ3v) is 9.15. The molecule has 1 aromatic carbocycles. The first kappa shape index (κ1) is 25.2. The minimum absolute atomic E-state index is 0.0101. The van der Waals surface area contributed by atoms with Crippen molar-refractivity contribution in [3.05, 3.63) is 54.2 Å². The summed E-state index contributed by atoms with van der Waals surface area (Å²) in [6, 6.07) is 8.70. The van der Waals surface area contributed by atoms with Gasteiger partial charge in [0, 0.05) is 29.9 Å². The van der Waals surface area contributed by atoms with Crippen LogP contribution in [0.25, 0.3) is 16.6 Å². The monoisotopic (exact) mass is 518 g/mol. The average molecular weight is 519 g/mol. The molecular weight excluding hydrogens is 479 g/mol. The van der Waals surface area contributed by atoms with E-state index in [0.29, 0.717) is 23.3 Å². The molecule has 3 heterocycles. The molecule has 0 bridgehead atoms. The summed E-state index contributed by atoms with van der Waals surface area (Å²) in [6.45, 7) is 2.31. The number of hydrogen-bond acceptors (Lipinski definition) is 2. The number of nitrogens with zero attached hydrogens (tertiary/aromatic N) is 3. The Kier molecular flexibility index (Phi) is 6.79. The quantitative estimate of drug-likeness (QED) is 0.409. The van der Waals surface area contributed by atoms with Crippen molar-refractivity contribution in [1.82, 2.24) is 19.4 Å². The molecule has 3 aliphatic rings. The molecule has 2 saturated carbocycles. The molecule has 2 aliphatic carbocycles. The van der Waals surface area contributed by atoms with E-state index in [1.807, 2.05) is 45.5 Å². The van der Waals surface area contributed by atoms with Crippen LogP contribution in [0.1, 0.15) is 94.5 Å². The maximum Gasteiger partial charge on any atom is 0.273 e. The van der Waals surface area contributed by atoms with E-state index in [0.717, 1.165) is 69.7 Å². The minimum Gasteiger partial charge on any atom is -0.351 e. The zero-order chi connectivity index (χ0) is 26.3. The predicted molar refractivity (Wildman–Crippen MR) is 147 cm³/mol. The molecule has 7 heteroatoms. The second kappa shape index (κ2) is 10.2. The van der Waals surface area contributed by atoms with E-state index in [2.05, 4.69) is 5.32 Å². The number of rotatable bonds is 4. The van der Waals surface area contributed by atoms with Crippen LogP contribution in [0.3, 0.4) is 0 Å². The SMILES string of the molecule is C[C@]1(C(=O)NC2CCCCCC2)Cn2c(c(-n3cccc3)c3cc(F)ccc32)C(=O)N1C1CCCCCC1. The van der Waals surface area contributed by atoms with Gasteiger partial charge in [-0.2, -0.15) is 0 Å². The summed E-state index contributed by atoms with van der Waals surface area (Å²) in [7, 11) is 0. The lowest BCUT2D eigenvalue weighted by molar-refractivity contribution is -0.135. The Balaban J connectivity index is 1.49. The molecule has 2 amide bonds. The van der Waals surface area contributed by atoms with E-state index >= 15 is 0 Å². The van der Waals surface area contributed by atoms with Crippen LogP contribution >= 0.6 is 0 Å². The minimum atomic E-state index is -1.03. The van der Waals surface area contributed by atoms with Crippen LogP contribution in [-0.4, -0.2) is 43.5 Å². The summed E-state index contributed by atoms with van der Waals surface area (Å²) in [6.07, 6.45) is 16.8. The molecule has 38 heavy (non-hydrogen) atoms. The van der Waals surface area contributed by atoms with Crippen LogP contribution in [-0.2, 0) is 11.3 Å². The van der Waals surface area contributed by atoms with E-state index in [9.17, 15) is 14.0 Å². The molecule has 3 aromatic rings. The fraction of sp³-hybridized carbons (Fsp3) is 0.548. The highest BCUT2D eigenvalue weighted by atomic mass is 19.1. The molecule has 1 N–H and O–H groups in total. The largest absolute Gasteiger partial charge is 0.351 e. The highest BCUT2D eigenvalue weighted by Crippen LogP contribution is 2.41. The van der Waals surface area contributed by atoms with Crippen molar-refractivity contribution in [1.29, 1.82) is 0 Å². The predicted octanol–water partition coefficient (Wildman–Crippen LogP) is 6.35. The Bertz CT molecular complexity index is 1310. The van der Waals surface area contributed by atoms with Crippen molar-refractivity contribution in [2.75, 3.05) is 0 Å². The Morgan fingerprint density at radius 3 is 2.24 bits per heavy atom. The number of carbonyl (C=O) groups is 2. The van der Waals surface area contributed by atoms with E-state index in [1.54, 1.807) is 6.07 Å². The number of amides is 2.